The highest BCUT2D eigenvalue weighted by molar-refractivity contribution is 6.21. The molecular weight excluding hydrogens is 577 g/mol. The molecule has 0 nitrogen and oxygen atoms in total. The summed E-state index contributed by atoms with van der Waals surface area (Å²) in [6.45, 7) is 0. The largest absolute Gasteiger partial charge is 0.0728 e. The Kier molecular flexibility index (Phi) is 4.44. The van der Waals surface area contributed by atoms with Crippen LogP contribution >= 0.6 is 0 Å². The second-order valence-electron chi connectivity index (χ2n) is 13.9. The first-order valence-corrected chi connectivity index (χ1v) is 17.0. The Bertz CT molecular complexity index is 2600. The van der Waals surface area contributed by atoms with Gasteiger partial charge in [0.05, 0.1) is 10.8 Å². The Morgan fingerprint density at radius 1 is 0.250 bits per heavy atom. The summed E-state index contributed by atoms with van der Waals surface area (Å²) in [6, 6.07) is 64.6. The lowest BCUT2D eigenvalue weighted by Gasteiger charge is -2.34. The van der Waals surface area contributed by atoms with Crippen molar-refractivity contribution >= 4 is 32.7 Å². The van der Waals surface area contributed by atoms with E-state index in [2.05, 4.69) is 170 Å². The normalized spacial score (nSPS) is 20.2. The lowest BCUT2D eigenvalue weighted by Crippen LogP contribution is -2.28. The fraction of sp³-hybridized carbons (Fsp3) is 0.0417. The van der Waals surface area contributed by atoms with Crippen molar-refractivity contribution in [2.45, 2.75) is 10.8 Å². The lowest BCUT2D eigenvalue weighted by atomic mass is 9.66. The van der Waals surface area contributed by atoms with Gasteiger partial charge in [0.15, 0.2) is 0 Å². The molecule has 4 aliphatic rings. The van der Waals surface area contributed by atoms with E-state index in [1.807, 2.05) is 0 Å². The molecule has 0 bridgehead atoms. The highest BCUT2D eigenvalue weighted by atomic mass is 14.6. The predicted molar refractivity (Wildman–Crippen MR) is 198 cm³/mol. The SMILES string of the molecule is c1ccc2c(c1)C1=C(c3ccccc3C13c1ccccc1-c1c3ccc3ccccc13)C21c2ccccc2-c2c1ccc1ccccc21. The first kappa shape index (κ1) is 25.2. The minimum Gasteiger partial charge on any atom is -0.0619 e. The van der Waals surface area contributed by atoms with Crippen molar-refractivity contribution in [3.8, 4) is 22.3 Å². The van der Waals surface area contributed by atoms with Gasteiger partial charge in [0.1, 0.15) is 0 Å². The van der Waals surface area contributed by atoms with Crippen LogP contribution in [0.3, 0.4) is 0 Å². The van der Waals surface area contributed by atoms with Crippen LogP contribution in [-0.2, 0) is 10.8 Å². The van der Waals surface area contributed by atoms with E-state index < -0.39 is 10.8 Å². The van der Waals surface area contributed by atoms with Crippen LogP contribution in [0.2, 0.25) is 0 Å². The Morgan fingerprint density at radius 2 is 0.583 bits per heavy atom. The van der Waals surface area contributed by atoms with Gasteiger partial charge < -0.3 is 0 Å². The predicted octanol–water partition coefficient (Wildman–Crippen LogP) is 11.6. The van der Waals surface area contributed by atoms with Gasteiger partial charge in [0.25, 0.3) is 0 Å². The molecule has 48 heavy (non-hydrogen) atoms. The topological polar surface area (TPSA) is 0 Å². The van der Waals surface area contributed by atoms with Gasteiger partial charge in [0.2, 0.25) is 0 Å². The maximum absolute atomic E-state index is 2.45. The van der Waals surface area contributed by atoms with Gasteiger partial charge in [-0.2, -0.15) is 0 Å². The summed E-state index contributed by atoms with van der Waals surface area (Å²) in [5.41, 5.74) is 18.6. The summed E-state index contributed by atoms with van der Waals surface area (Å²) in [5.74, 6) is 0. The van der Waals surface area contributed by atoms with E-state index in [0.717, 1.165) is 0 Å². The van der Waals surface area contributed by atoms with Crippen molar-refractivity contribution in [2.75, 3.05) is 0 Å². The lowest BCUT2D eigenvalue weighted by molar-refractivity contribution is 0.827. The molecule has 0 radical (unpaired) electrons. The molecule has 0 fully saturated rings. The van der Waals surface area contributed by atoms with Crippen molar-refractivity contribution in [2.24, 2.45) is 0 Å². The van der Waals surface area contributed by atoms with E-state index in [1.165, 1.54) is 99.5 Å². The third-order valence-corrected chi connectivity index (χ3v) is 12.1. The monoisotopic (exact) mass is 604 g/mol. The number of fused-ring (bicyclic) bond motifs is 22. The summed E-state index contributed by atoms with van der Waals surface area (Å²) in [7, 11) is 0. The van der Waals surface area contributed by atoms with E-state index >= 15 is 0 Å². The van der Waals surface area contributed by atoms with E-state index in [1.54, 1.807) is 0 Å². The Hall–Kier alpha value is -5.98. The molecule has 8 aromatic rings. The van der Waals surface area contributed by atoms with E-state index in [9.17, 15) is 0 Å². The van der Waals surface area contributed by atoms with Gasteiger partial charge in [0, 0.05) is 0 Å². The first-order valence-electron chi connectivity index (χ1n) is 17.0. The fourth-order valence-corrected chi connectivity index (χ4v) is 10.6. The van der Waals surface area contributed by atoms with Crippen LogP contribution in [0.4, 0.5) is 0 Å². The zero-order valence-electron chi connectivity index (χ0n) is 26.2. The summed E-state index contributed by atoms with van der Waals surface area (Å²) in [5, 5.41) is 5.24. The Labute approximate surface area is 279 Å². The van der Waals surface area contributed by atoms with Gasteiger partial charge in [-0.3, -0.25) is 0 Å². The Balaban J connectivity index is 1.33. The molecule has 0 saturated heterocycles. The molecule has 0 heteroatoms. The van der Waals surface area contributed by atoms with Crippen LogP contribution in [0.5, 0.6) is 0 Å². The van der Waals surface area contributed by atoms with E-state index in [0.29, 0.717) is 0 Å². The van der Waals surface area contributed by atoms with Gasteiger partial charge in [-0.15, -0.1) is 0 Å². The van der Waals surface area contributed by atoms with Gasteiger partial charge in [-0.1, -0.05) is 170 Å². The minimum absolute atomic E-state index is 0.434. The maximum Gasteiger partial charge on any atom is 0.0728 e. The molecule has 2 unspecified atom stereocenters. The standard InChI is InChI=1S/C48H28/c1-3-15-31-29(13-1)25-27-41-43(31)33-17-5-9-21-37(33)47(41)39-23-11-7-19-35(39)46-45(47)36-20-8-12-24-40(36)48(46)38-22-10-6-18-34(38)44-32-16-4-2-14-30(32)26-28-42(44)48/h1-28H. The van der Waals surface area contributed by atoms with Gasteiger partial charge >= 0.3 is 0 Å². The highest BCUT2D eigenvalue weighted by Gasteiger charge is 2.63. The third-order valence-electron chi connectivity index (χ3n) is 12.1. The fourth-order valence-electron chi connectivity index (χ4n) is 10.6. The maximum atomic E-state index is 2.45. The quantitative estimate of drug-likeness (QED) is 0.162. The van der Waals surface area contributed by atoms with E-state index in [4.69, 9.17) is 0 Å². The van der Waals surface area contributed by atoms with E-state index in [-0.39, 0.29) is 0 Å². The zero-order chi connectivity index (χ0) is 31.2. The van der Waals surface area contributed by atoms with Crippen LogP contribution in [0.1, 0.15) is 44.5 Å². The molecule has 220 valence electrons. The summed E-state index contributed by atoms with van der Waals surface area (Å²) < 4.78 is 0. The summed E-state index contributed by atoms with van der Waals surface area (Å²) in [6.07, 6.45) is 0. The number of allylic oxidation sites excluding steroid dienone is 2. The molecule has 0 aromatic heterocycles. The molecule has 4 aliphatic carbocycles. The molecule has 2 spiro atoms. The molecule has 12 rings (SSSR count). The number of benzene rings is 8. The third kappa shape index (κ3) is 2.57. The average molecular weight is 605 g/mol. The van der Waals surface area contributed by atoms with Crippen molar-refractivity contribution < 1.29 is 0 Å². The van der Waals surface area contributed by atoms with Crippen LogP contribution in [0.15, 0.2) is 170 Å². The highest BCUT2D eigenvalue weighted by Crippen LogP contribution is 2.74. The van der Waals surface area contributed by atoms with Crippen LogP contribution in [0.25, 0.3) is 54.9 Å². The molecule has 8 aromatic carbocycles. The second kappa shape index (κ2) is 8.48. The molecule has 0 heterocycles. The molecule has 0 N–H and O–H groups in total. The van der Waals surface area contributed by atoms with Crippen LogP contribution in [-0.4, -0.2) is 0 Å². The summed E-state index contributed by atoms with van der Waals surface area (Å²) in [4.78, 5) is 0. The van der Waals surface area contributed by atoms with Crippen LogP contribution in [0, 0.1) is 0 Å². The molecule has 2 atom stereocenters. The average Bonchev–Trinajstić information content (AvgIpc) is 3.84. The second-order valence-corrected chi connectivity index (χ2v) is 13.9. The van der Waals surface area contributed by atoms with Crippen molar-refractivity contribution in [3.63, 3.8) is 0 Å². The molecular formula is C48H28. The number of hydrogen-bond donors (Lipinski definition) is 0. The van der Waals surface area contributed by atoms with Crippen molar-refractivity contribution in [1.29, 1.82) is 0 Å². The molecule has 0 aliphatic heterocycles. The van der Waals surface area contributed by atoms with Gasteiger partial charge in [-0.25, -0.2) is 0 Å². The van der Waals surface area contributed by atoms with Gasteiger partial charge in [-0.05, 0) is 99.5 Å². The summed E-state index contributed by atoms with van der Waals surface area (Å²) >= 11 is 0. The van der Waals surface area contributed by atoms with Crippen LogP contribution < -0.4 is 0 Å². The molecule has 0 saturated carbocycles. The molecule has 0 amide bonds. The zero-order valence-corrected chi connectivity index (χ0v) is 26.2. The van der Waals surface area contributed by atoms with Crippen molar-refractivity contribution in [3.05, 3.63) is 214 Å². The Morgan fingerprint density at radius 3 is 1.02 bits per heavy atom. The number of hydrogen-bond acceptors (Lipinski definition) is 0. The number of rotatable bonds is 0. The van der Waals surface area contributed by atoms with Crippen molar-refractivity contribution in [1.82, 2.24) is 0 Å². The smallest absolute Gasteiger partial charge is 0.0619 e. The first-order chi connectivity index (χ1) is 23.8. The minimum atomic E-state index is -0.434.